The van der Waals surface area contributed by atoms with E-state index in [1.54, 1.807) is 0 Å². The number of rotatable bonds is 5. The molecule has 0 fully saturated rings. The molecule has 3 aromatic heterocycles. The minimum atomic E-state index is 0.942. The van der Waals surface area contributed by atoms with Gasteiger partial charge in [0.25, 0.3) is 0 Å². The lowest BCUT2D eigenvalue weighted by atomic mass is 9.91. The summed E-state index contributed by atoms with van der Waals surface area (Å²) in [6.07, 6.45) is 0. The predicted molar refractivity (Wildman–Crippen MR) is 270 cm³/mol. The van der Waals surface area contributed by atoms with Crippen molar-refractivity contribution in [2.24, 2.45) is 0 Å². The van der Waals surface area contributed by atoms with Gasteiger partial charge in [0.15, 0.2) is 0 Å². The van der Waals surface area contributed by atoms with Gasteiger partial charge in [-0.1, -0.05) is 163 Å². The highest BCUT2D eigenvalue weighted by molar-refractivity contribution is 7.25. The summed E-state index contributed by atoms with van der Waals surface area (Å²) in [4.78, 5) is 5.28. The molecule has 0 aliphatic heterocycles. The van der Waals surface area contributed by atoms with Crippen LogP contribution in [0.15, 0.2) is 212 Å². The molecule has 3 heteroatoms. The van der Waals surface area contributed by atoms with Gasteiger partial charge in [-0.05, 0) is 116 Å². The molecule has 0 saturated heterocycles. The average Bonchev–Trinajstić information content (AvgIpc) is 3.88. The zero-order valence-electron chi connectivity index (χ0n) is 34.5. The lowest BCUT2D eigenvalue weighted by Gasteiger charge is -2.15. The van der Waals surface area contributed by atoms with Crippen LogP contribution in [0.1, 0.15) is 5.56 Å². The van der Waals surface area contributed by atoms with Gasteiger partial charge in [-0.2, -0.15) is 0 Å². The van der Waals surface area contributed by atoms with E-state index in [1.807, 2.05) is 11.3 Å². The third kappa shape index (κ3) is 5.81. The van der Waals surface area contributed by atoms with Crippen LogP contribution in [0.25, 0.3) is 125 Å². The van der Waals surface area contributed by atoms with E-state index in [1.165, 1.54) is 96.6 Å². The molecule has 0 aliphatic rings. The van der Waals surface area contributed by atoms with Crippen molar-refractivity contribution in [2.45, 2.75) is 6.92 Å². The van der Waals surface area contributed by atoms with Crippen molar-refractivity contribution in [1.29, 1.82) is 0 Å². The van der Waals surface area contributed by atoms with Crippen LogP contribution in [0.3, 0.4) is 0 Å². The number of hydrogen-bond donors (Lipinski definition) is 0. The first-order chi connectivity index (χ1) is 31.1. The number of thiophene rings is 1. The molecule has 63 heavy (non-hydrogen) atoms. The molecule has 2 nitrogen and oxygen atoms in total. The monoisotopic (exact) mass is 818 g/mol. The van der Waals surface area contributed by atoms with E-state index < -0.39 is 0 Å². The molecule has 0 aliphatic carbocycles. The number of benzene rings is 10. The second-order valence-corrected chi connectivity index (χ2v) is 17.9. The highest BCUT2D eigenvalue weighted by Gasteiger charge is 2.20. The molecule has 0 spiro atoms. The number of fused-ring (bicyclic) bond motifs is 12. The van der Waals surface area contributed by atoms with Crippen LogP contribution in [0, 0.1) is 6.92 Å². The quantitative estimate of drug-likeness (QED) is 0.158. The first-order valence-corrected chi connectivity index (χ1v) is 22.4. The molecule has 294 valence electrons. The maximum Gasteiger partial charge on any atom is 0.0730 e. The summed E-state index contributed by atoms with van der Waals surface area (Å²) in [7, 11) is 0. The smallest absolute Gasteiger partial charge is 0.0730 e. The normalized spacial score (nSPS) is 11.9. The van der Waals surface area contributed by atoms with Crippen LogP contribution in [-0.2, 0) is 0 Å². The van der Waals surface area contributed by atoms with E-state index in [4.69, 9.17) is 4.98 Å². The Bertz CT molecular complexity index is 3890. The van der Waals surface area contributed by atoms with Crippen molar-refractivity contribution in [2.75, 3.05) is 0 Å². The van der Waals surface area contributed by atoms with Gasteiger partial charge in [-0.25, -0.2) is 4.98 Å². The molecular weight excluding hydrogens is 781 g/mol. The highest BCUT2D eigenvalue weighted by Crippen LogP contribution is 2.44. The number of nitrogens with zero attached hydrogens (tertiary/aromatic N) is 2. The molecule has 0 saturated carbocycles. The zero-order chi connectivity index (χ0) is 41.6. The van der Waals surface area contributed by atoms with E-state index >= 15 is 0 Å². The molecular formula is C60H38N2S. The molecule has 0 atom stereocenters. The van der Waals surface area contributed by atoms with Crippen LogP contribution in [0.2, 0.25) is 0 Å². The van der Waals surface area contributed by atoms with Crippen LogP contribution in [0.5, 0.6) is 0 Å². The number of aromatic nitrogens is 2. The summed E-state index contributed by atoms with van der Waals surface area (Å²) in [5.41, 5.74) is 13.6. The molecule has 0 radical (unpaired) electrons. The lowest BCUT2D eigenvalue weighted by Crippen LogP contribution is -1.98. The minimum absolute atomic E-state index is 0.942. The Morgan fingerprint density at radius 2 is 0.810 bits per heavy atom. The van der Waals surface area contributed by atoms with Gasteiger partial charge in [-0.15, -0.1) is 11.3 Å². The van der Waals surface area contributed by atoms with Gasteiger partial charge in [0.2, 0.25) is 0 Å². The molecule has 13 rings (SSSR count). The van der Waals surface area contributed by atoms with Gasteiger partial charge in [-0.3, -0.25) is 0 Å². The van der Waals surface area contributed by atoms with E-state index in [9.17, 15) is 0 Å². The number of pyridine rings is 1. The first-order valence-electron chi connectivity index (χ1n) is 21.6. The van der Waals surface area contributed by atoms with Crippen molar-refractivity contribution >= 4 is 85.6 Å². The topological polar surface area (TPSA) is 17.8 Å². The Morgan fingerprint density at radius 3 is 1.52 bits per heavy atom. The Morgan fingerprint density at radius 1 is 0.317 bits per heavy atom. The summed E-state index contributed by atoms with van der Waals surface area (Å²) in [5, 5.41) is 12.6. The first kappa shape index (κ1) is 35.9. The van der Waals surface area contributed by atoms with Crippen molar-refractivity contribution in [3.8, 4) is 50.5 Å². The van der Waals surface area contributed by atoms with Crippen molar-refractivity contribution in [3.05, 3.63) is 218 Å². The third-order valence-corrected chi connectivity index (χ3v) is 14.2. The largest absolute Gasteiger partial charge is 0.309 e. The number of hydrogen-bond acceptors (Lipinski definition) is 2. The van der Waals surface area contributed by atoms with Crippen LogP contribution >= 0.6 is 11.3 Å². The predicted octanol–water partition coefficient (Wildman–Crippen LogP) is 17.0. The van der Waals surface area contributed by atoms with Gasteiger partial charge in [0.05, 0.1) is 28.1 Å². The van der Waals surface area contributed by atoms with Gasteiger partial charge in [0.1, 0.15) is 0 Å². The summed E-state index contributed by atoms with van der Waals surface area (Å²) < 4.78 is 5.12. The van der Waals surface area contributed by atoms with Crippen LogP contribution < -0.4 is 0 Å². The molecule has 10 aromatic carbocycles. The molecule has 0 amide bonds. The Balaban J connectivity index is 1.10. The molecule has 13 aromatic rings. The van der Waals surface area contributed by atoms with Gasteiger partial charge < -0.3 is 4.57 Å². The lowest BCUT2D eigenvalue weighted by molar-refractivity contribution is 1.16. The number of aryl methyl sites for hydroxylation is 1. The summed E-state index contributed by atoms with van der Waals surface area (Å²) in [5.74, 6) is 0. The fraction of sp³-hybridized carbons (Fsp3) is 0.0167. The molecule has 3 heterocycles. The second-order valence-electron chi connectivity index (χ2n) is 16.8. The van der Waals surface area contributed by atoms with Gasteiger partial charge in [0, 0.05) is 42.1 Å². The van der Waals surface area contributed by atoms with Crippen LogP contribution in [-0.4, -0.2) is 9.55 Å². The highest BCUT2D eigenvalue weighted by atomic mass is 32.1. The molecule has 0 bridgehead atoms. The maximum absolute atomic E-state index is 5.28. The summed E-state index contributed by atoms with van der Waals surface area (Å²) in [6, 6.07) is 78.2. The standard InChI is InChI=1S/C60H38N2S/c1-37-20-22-38(23-21-37)41-26-29-57-53(31-41)54-35-51-46-17-9-8-16-45(46)50-30-42(43-25-28-49-48-18-10-11-19-59(48)63-60(49)32-43)24-27-47(50)52(51)36-58(54)62(57)44-33-55(39-12-4-2-5-13-39)61-56(34-44)40-14-6-3-7-15-40/h2-36H,1H3. The van der Waals surface area contributed by atoms with Crippen molar-refractivity contribution in [3.63, 3.8) is 0 Å². The van der Waals surface area contributed by atoms with E-state index in [2.05, 4.69) is 224 Å². The fourth-order valence-corrected chi connectivity index (χ4v) is 11.1. The van der Waals surface area contributed by atoms with E-state index in [0.717, 1.165) is 33.7 Å². The Kier molecular flexibility index (Phi) is 8.03. The zero-order valence-corrected chi connectivity index (χ0v) is 35.3. The third-order valence-electron chi connectivity index (χ3n) is 13.0. The molecule has 0 unspecified atom stereocenters. The Hall–Kier alpha value is -7.85. The fourth-order valence-electron chi connectivity index (χ4n) is 9.91. The summed E-state index contributed by atoms with van der Waals surface area (Å²) in [6.45, 7) is 2.15. The van der Waals surface area contributed by atoms with Crippen LogP contribution in [0.4, 0.5) is 0 Å². The Labute approximate surface area is 368 Å². The van der Waals surface area contributed by atoms with Gasteiger partial charge >= 0.3 is 0 Å². The summed E-state index contributed by atoms with van der Waals surface area (Å²) >= 11 is 1.87. The maximum atomic E-state index is 5.28. The SMILES string of the molecule is Cc1ccc(-c2ccc3c(c2)c2cc4c5ccccc5c5cc(-c6ccc7c(c6)sc6ccccc67)ccc5c4cc2n3-c2cc(-c3ccccc3)nc(-c3ccccc3)c2)cc1. The van der Waals surface area contributed by atoms with Crippen molar-refractivity contribution in [1.82, 2.24) is 9.55 Å². The average molecular weight is 819 g/mol. The van der Waals surface area contributed by atoms with Crippen molar-refractivity contribution < 1.29 is 0 Å². The van der Waals surface area contributed by atoms with E-state index in [-0.39, 0.29) is 0 Å². The van der Waals surface area contributed by atoms with E-state index in [0.29, 0.717) is 0 Å². The molecule has 0 N–H and O–H groups in total. The second kappa shape index (κ2) is 14.1. The minimum Gasteiger partial charge on any atom is -0.309 e.